The van der Waals surface area contributed by atoms with Crippen LogP contribution in [0.25, 0.3) is 0 Å². The van der Waals surface area contributed by atoms with Gasteiger partial charge in [-0.2, -0.15) is 5.26 Å². The van der Waals surface area contributed by atoms with Gasteiger partial charge in [-0.3, -0.25) is 0 Å². The number of nitriles is 1. The Hall–Kier alpha value is -1.92. The maximum absolute atomic E-state index is 8.86. The number of benzene rings is 1. The highest BCUT2D eigenvalue weighted by Gasteiger charge is 2.08. The third-order valence-electron chi connectivity index (χ3n) is 3.57. The second-order valence-corrected chi connectivity index (χ2v) is 5.21. The van der Waals surface area contributed by atoms with E-state index in [2.05, 4.69) is 42.8 Å². The fourth-order valence-electron chi connectivity index (χ4n) is 2.45. The van der Waals surface area contributed by atoms with Crippen LogP contribution in [0.5, 0.6) is 0 Å². The van der Waals surface area contributed by atoms with Gasteiger partial charge < -0.3 is 9.88 Å². The lowest BCUT2D eigenvalue weighted by molar-refractivity contribution is 0.715. The summed E-state index contributed by atoms with van der Waals surface area (Å²) in [6.07, 6.45) is 0. The highest BCUT2D eigenvalue weighted by Crippen LogP contribution is 2.22. The number of hydrogen-bond donors (Lipinski definition) is 1. The Morgan fingerprint density at radius 2 is 2.05 bits per heavy atom. The predicted octanol–water partition coefficient (Wildman–Crippen LogP) is 4.26. The van der Waals surface area contributed by atoms with Gasteiger partial charge in [-0.25, -0.2) is 0 Å². The number of nitrogens with zero attached hydrogens (tertiary/aromatic N) is 2. The molecule has 2 aromatic rings. The molecular weight excluding hydrogens is 270 g/mol. The van der Waals surface area contributed by atoms with Crippen molar-refractivity contribution in [3.8, 4) is 6.07 Å². The third-order valence-corrected chi connectivity index (χ3v) is 3.88. The highest BCUT2D eigenvalue weighted by molar-refractivity contribution is 6.32. The lowest BCUT2D eigenvalue weighted by Gasteiger charge is -2.09. The molecule has 1 N–H and O–H groups in total. The van der Waals surface area contributed by atoms with Crippen molar-refractivity contribution in [1.29, 1.82) is 5.26 Å². The molecule has 0 spiro atoms. The number of aromatic nitrogens is 1. The van der Waals surface area contributed by atoms with Crippen LogP contribution in [0.15, 0.2) is 24.3 Å². The van der Waals surface area contributed by atoms with E-state index in [-0.39, 0.29) is 0 Å². The van der Waals surface area contributed by atoms with Gasteiger partial charge in [0.05, 0.1) is 10.6 Å². The Morgan fingerprint density at radius 1 is 1.30 bits per heavy atom. The van der Waals surface area contributed by atoms with Crippen LogP contribution >= 0.6 is 11.6 Å². The van der Waals surface area contributed by atoms with E-state index in [9.17, 15) is 0 Å². The summed E-state index contributed by atoms with van der Waals surface area (Å²) in [7, 11) is 0. The van der Waals surface area contributed by atoms with Crippen LogP contribution in [0.1, 0.15) is 29.4 Å². The monoisotopic (exact) mass is 287 g/mol. The van der Waals surface area contributed by atoms with E-state index in [1.165, 1.54) is 17.0 Å². The van der Waals surface area contributed by atoms with Gasteiger partial charge in [0.1, 0.15) is 6.07 Å². The summed E-state index contributed by atoms with van der Waals surface area (Å²) in [5.41, 5.74) is 5.28. The summed E-state index contributed by atoms with van der Waals surface area (Å²) in [6.45, 7) is 8.15. The fraction of sp³-hybridized carbons (Fsp3) is 0.312. The lowest BCUT2D eigenvalue weighted by atomic mass is 10.2. The minimum absolute atomic E-state index is 0.483. The zero-order valence-corrected chi connectivity index (χ0v) is 12.8. The normalized spacial score (nSPS) is 10.3. The van der Waals surface area contributed by atoms with Crippen LogP contribution in [0, 0.1) is 25.2 Å². The number of halogens is 1. The summed E-state index contributed by atoms with van der Waals surface area (Å²) >= 11 is 6.03. The summed E-state index contributed by atoms with van der Waals surface area (Å²) < 4.78 is 2.29. The SMILES string of the molecule is CCn1c(C)cc(CNc2ccc(C#N)c(Cl)c2)c1C. The van der Waals surface area contributed by atoms with Gasteiger partial charge in [0.15, 0.2) is 0 Å². The third kappa shape index (κ3) is 2.81. The number of anilines is 1. The van der Waals surface area contributed by atoms with Crippen LogP contribution in [-0.4, -0.2) is 4.57 Å². The van der Waals surface area contributed by atoms with Gasteiger partial charge in [0.25, 0.3) is 0 Å². The molecule has 1 heterocycles. The van der Waals surface area contributed by atoms with Crippen molar-refractivity contribution in [1.82, 2.24) is 4.57 Å². The molecule has 0 radical (unpaired) electrons. The molecule has 0 bridgehead atoms. The first kappa shape index (κ1) is 14.5. The first-order valence-corrected chi connectivity index (χ1v) is 7.03. The Labute approximate surface area is 124 Å². The Balaban J connectivity index is 2.13. The molecular formula is C16H18ClN3. The minimum Gasteiger partial charge on any atom is -0.381 e. The zero-order valence-electron chi connectivity index (χ0n) is 12.0. The molecule has 0 aliphatic carbocycles. The Morgan fingerprint density at radius 3 is 2.60 bits per heavy atom. The number of hydrogen-bond acceptors (Lipinski definition) is 2. The molecule has 1 aromatic heterocycles. The largest absolute Gasteiger partial charge is 0.381 e. The van der Waals surface area contributed by atoms with Gasteiger partial charge in [-0.15, -0.1) is 0 Å². The van der Waals surface area contributed by atoms with E-state index >= 15 is 0 Å². The Kier molecular flexibility index (Phi) is 4.36. The fourth-order valence-corrected chi connectivity index (χ4v) is 2.67. The molecule has 0 saturated carbocycles. The second-order valence-electron chi connectivity index (χ2n) is 4.80. The van der Waals surface area contributed by atoms with E-state index in [4.69, 9.17) is 16.9 Å². The van der Waals surface area contributed by atoms with E-state index in [1.807, 2.05) is 6.07 Å². The molecule has 104 valence electrons. The standard InChI is InChI=1S/C16H18ClN3/c1-4-20-11(2)7-14(12(20)3)10-19-15-6-5-13(9-18)16(17)8-15/h5-8,19H,4,10H2,1-3H3. The van der Waals surface area contributed by atoms with Gasteiger partial charge in [0, 0.05) is 30.2 Å². The molecule has 4 heteroatoms. The maximum Gasteiger partial charge on any atom is 0.101 e. The summed E-state index contributed by atoms with van der Waals surface area (Å²) in [6, 6.07) is 9.67. The van der Waals surface area contributed by atoms with Crippen molar-refractivity contribution >= 4 is 17.3 Å². The Bertz CT molecular complexity index is 665. The molecule has 0 amide bonds. The number of aryl methyl sites for hydroxylation is 1. The molecule has 2 rings (SSSR count). The van der Waals surface area contributed by atoms with Crippen molar-refractivity contribution < 1.29 is 0 Å². The summed E-state index contributed by atoms with van der Waals surface area (Å²) in [5.74, 6) is 0. The van der Waals surface area contributed by atoms with Gasteiger partial charge in [-0.05, 0) is 50.6 Å². The molecule has 20 heavy (non-hydrogen) atoms. The lowest BCUT2D eigenvalue weighted by Crippen LogP contribution is -2.03. The van der Waals surface area contributed by atoms with Crippen LogP contribution < -0.4 is 5.32 Å². The quantitative estimate of drug-likeness (QED) is 0.913. The molecule has 0 aliphatic heterocycles. The van der Waals surface area contributed by atoms with Crippen LogP contribution in [0.4, 0.5) is 5.69 Å². The average Bonchev–Trinajstić information content (AvgIpc) is 2.70. The molecule has 0 aliphatic rings. The van der Waals surface area contributed by atoms with Crippen LogP contribution in [-0.2, 0) is 13.1 Å². The zero-order chi connectivity index (χ0) is 14.7. The smallest absolute Gasteiger partial charge is 0.101 e. The summed E-state index contributed by atoms with van der Waals surface area (Å²) in [5, 5.41) is 12.7. The van der Waals surface area contributed by atoms with Crippen LogP contribution in [0.2, 0.25) is 5.02 Å². The van der Waals surface area contributed by atoms with Crippen molar-refractivity contribution in [3.63, 3.8) is 0 Å². The predicted molar refractivity (Wildman–Crippen MR) is 83.1 cm³/mol. The number of nitrogens with one attached hydrogen (secondary N) is 1. The van der Waals surface area contributed by atoms with Crippen molar-refractivity contribution in [2.45, 2.75) is 33.9 Å². The first-order chi connectivity index (χ1) is 9.56. The van der Waals surface area contributed by atoms with Crippen molar-refractivity contribution in [2.24, 2.45) is 0 Å². The maximum atomic E-state index is 8.86. The van der Waals surface area contributed by atoms with E-state index in [0.717, 1.165) is 18.8 Å². The van der Waals surface area contributed by atoms with E-state index < -0.39 is 0 Å². The molecule has 0 fully saturated rings. The molecule has 3 nitrogen and oxygen atoms in total. The molecule has 0 saturated heterocycles. The van der Waals surface area contributed by atoms with Crippen molar-refractivity contribution in [3.05, 3.63) is 51.8 Å². The van der Waals surface area contributed by atoms with Gasteiger partial charge >= 0.3 is 0 Å². The highest BCUT2D eigenvalue weighted by atomic mass is 35.5. The molecule has 1 aromatic carbocycles. The average molecular weight is 288 g/mol. The van der Waals surface area contributed by atoms with Crippen LogP contribution in [0.3, 0.4) is 0 Å². The molecule has 0 unspecified atom stereocenters. The van der Waals surface area contributed by atoms with Crippen molar-refractivity contribution in [2.75, 3.05) is 5.32 Å². The second kappa shape index (κ2) is 6.02. The number of rotatable bonds is 4. The molecule has 0 atom stereocenters. The first-order valence-electron chi connectivity index (χ1n) is 6.66. The topological polar surface area (TPSA) is 40.8 Å². The minimum atomic E-state index is 0.483. The van der Waals surface area contributed by atoms with Gasteiger partial charge in [0.2, 0.25) is 0 Å². The summed E-state index contributed by atoms with van der Waals surface area (Å²) in [4.78, 5) is 0. The van der Waals surface area contributed by atoms with E-state index in [1.54, 1.807) is 12.1 Å². The van der Waals surface area contributed by atoms with E-state index in [0.29, 0.717) is 10.6 Å². The van der Waals surface area contributed by atoms with Gasteiger partial charge in [-0.1, -0.05) is 11.6 Å².